The van der Waals surface area contributed by atoms with Crippen molar-refractivity contribution in [2.24, 2.45) is 0 Å². The fourth-order valence-electron chi connectivity index (χ4n) is 3.69. The van der Waals surface area contributed by atoms with Crippen LogP contribution in [0.25, 0.3) is 0 Å². The minimum atomic E-state index is -0.255. The van der Waals surface area contributed by atoms with Crippen LogP contribution >= 0.6 is 0 Å². The highest BCUT2D eigenvalue weighted by molar-refractivity contribution is 6.21. The lowest BCUT2D eigenvalue weighted by Crippen LogP contribution is -2.33. The summed E-state index contributed by atoms with van der Waals surface area (Å²) in [6.45, 7) is 4.87. The maximum absolute atomic E-state index is 12.4. The summed E-state index contributed by atoms with van der Waals surface area (Å²) in [5, 5.41) is 0. The third kappa shape index (κ3) is 3.54. The zero-order valence-corrected chi connectivity index (χ0v) is 16.6. The normalized spacial score (nSPS) is 13.5. The predicted molar refractivity (Wildman–Crippen MR) is 112 cm³/mol. The summed E-state index contributed by atoms with van der Waals surface area (Å²) in [5.74, 6) is 0.206. The molecule has 3 aromatic rings. The molecule has 0 atom stereocenters. The Labute approximate surface area is 170 Å². The minimum Gasteiger partial charge on any atom is -0.492 e. The molecular weight excluding hydrogens is 362 g/mol. The molecular formula is C25H23NO3. The molecule has 146 valence electrons. The minimum absolute atomic E-state index is 0.111. The monoisotopic (exact) mass is 385 g/mol. The van der Waals surface area contributed by atoms with Gasteiger partial charge in [-0.1, -0.05) is 68.4 Å². The molecule has 0 bridgehead atoms. The summed E-state index contributed by atoms with van der Waals surface area (Å²) < 4.78 is 5.79. The van der Waals surface area contributed by atoms with Crippen molar-refractivity contribution < 1.29 is 14.3 Å². The smallest absolute Gasteiger partial charge is 0.261 e. The maximum atomic E-state index is 12.4. The molecule has 0 fully saturated rings. The van der Waals surface area contributed by atoms with Gasteiger partial charge in [0.05, 0.1) is 17.7 Å². The van der Waals surface area contributed by atoms with Gasteiger partial charge in [0.1, 0.15) is 12.4 Å². The second kappa shape index (κ2) is 7.55. The third-order valence-corrected chi connectivity index (χ3v) is 5.53. The van der Waals surface area contributed by atoms with Crippen LogP contribution in [0.3, 0.4) is 0 Å². The lowest BCUT2D eigenvalue weighted by molar-refractivity contribution is 0.0631. The molecule has 3 aromatic carbocycles. The lowest BCUT2D eigenvalue weighted by Gasteiger charge is -2.26. The average molecular weight is 385 g/mol. The molecule has 4 rings (SSSR count). The zero-order chi connectivity index (χ0) is 20.4. The Morgan fingerprint density at radius 1 is 0.724 bits per heavy atom. The number of benzene rings is 3. The summed E-state index contributed by atoms with van der Waals surface area (Å²) in [7, 11) is 0. The van der Waals surface area contributed by atoms with Gasteiger partial charge in [-0.2, -0.15) is 0 Å². The van der Waals surface area contributed by atoms with Gasteiger partial charge in [-0.15, -0.1) is 0 Å². The number of carbonyl (C=O) groups excluding carboxylic acids is 2. The van der Waals surface area contributed by atoms with Gasteiger partial charge in [-0.3, -0.25) is 14.5 Å². The molecule has 2 amide bonds. The molecule has 4 heteroatoms. The molecule has 1 aliphatic heterocycles. The largest absolute Gasteiger partial charge is 0.492 e. The van der Waals surface area contributed by atoms with Crippen molar-refractivity contribution in [2.45, 2.75) is 19.3 Å². The Morgan fingerprint density at radius 3 is 1.83 bits per heavy atom. The van der Waals surface area contributed by atoms with Crippen LogP contribution in [0.2, 0.25) is 0 Å². The molecule has 0 saturated heterocycles. The van der Waals surface area contributed by atoms with E-state index in [4.69, 9.17) is 4.74 Å². The van der Waals surface area contributed by atoms with E-state index < -0.39 is 0 Å². The second-order valence-electron chi connectivity index (χ2n) is 7.67. The zero-order valence-electron chi connectivity index (χ0n) is 16.6. The van der Waals surface area contributed by atoms with Gasteiger partial charge in [0.2, 0.25) is 0 Å². The first kappa shape index (κ1) is 18.9. The summed E-state index contributed by atoms with van der Waals surface area (Å²) in [4.78, 5) is 26.0. The first-order chi connectivity index (χ1) is 14.0. The van der Waals surface area contributed by atoms with Gasteiger partial charge in [0.25, 0.3) is 11.8 Å². The van der Waals surface area contributed by atoms with Gasteiger partial charge in [0.15, 0.2) is 0 Å². The predicted octanol–water partition coefficient (Wildman–Crippen LogP) is 4.69. The molecule has 4 nitrogen and oxygen atoms in total. The highest BCUT2D eigenvalue weighted by Gasteiger charge is 2.34. The van der Waals surface area contributed by atoms with Gasteiger partial charge in [-0.05, 0) is 35.4 Å². The van der Waals surface area contributed by atoms with E-state index in [-0.39, 0.29) is 30.4 Å². The molecule has 0 aromatic heterocycles. The van der Waals surface area contributed by atoms with E-state index in [1.54, 1.807) is 24.3 Å². The topological polar surface area (TPSA) is 46.6 Å². The summed E-state index contributed by atoms with van der Waals surface area (Å²) in [5.41, 5.74) is 3.26. The molecule has 0 N–H and O–H groups in total. The van der Waals surface area contributed by atoms with Crippen LogP contribution in [0.15, 0.2) is 78.9 Å². The Kier molecular flexibility index (Phi) is 4.93. The molecule has 1 aliphatic rings. The first-order valence-corrected chi connectivity index (χ1v) is 9.72. The lowest BCUT2D eigenvalue weighted by atomic mass is 9.78. The van der Waals surface area contributed by atoms with Crippen molar-refractivity contribution in [3.8, 4) is 5.75 Å². The molecule has 0 unspecified atom stereocenters. The van der Waals surface area contributed by atoms with Crippen molar-refractivity contribution in [2.75, 3.05) is 13.2 Å². The van der Waals surface area contributed by atoms with Gasteiger partial charge in [0, 0.05) is 5.41 Å². The van der Waals surface area contributed by atoms with Crippen LogP contribution in [0.5, 0.6) is 5.75 Å². The number of hydrogen-bond donors (Lipinski definition) is 0. The molecule has 0 radical (unpaired) electrons. The molecule has 0 spiro atoms. The SMILES string of the molecule is CC(C)(c1ccccc1)c1ccc(OCCN2C(=O)c3ccccc3C2=O)cc1. The molecule has 0 aliphatic carbocycles. The quantitative estimate of drug-likeness (QED) is 0.579. The Hall–Kier alpha value is -3.40. The maximum Gasteiger partial charge on any atom is 0.261 e. The van der Waals surface area contributed by atoms with Crippen LogP contribution in [0, 0.1) is 0 Å². The van der Waals surface area contributed by atoms with Crippen LogP contribution in [-0.2, 0) is 5.41 Å². The van der Waals surface area contributed by atoms with E-state index in [1.165, 1.54) is 16.0 Å². The number of hydrogen-bond acceptors (Lipinski definition) is 3. The summed E-state index contributed by atoms with van der Waals surface area (Å²) in [6.07, 6.45) is 0. The van der Waals surface area contributed by atoms with E-state index >= 15 is 0 Å². The fourth-order valence-corrected chi connectivity index (χ4v) is 3.69. The standard InChI is InChI=1S/C25H23NO3/c1-25(2,18-8-4-3-5-9-18)19-12-14-20(15-13-19)29-17-16-26-23(27)21-10-6-7-11-22(21)24(26)28/h3-15H,16-17H2,1-2H3. The van der Waals surface area contributed by atoms with E-state index in [1.807, 2.05) is 30.3 Å². The number of carbonyl (C=O) groups is 2. The van der Waals surface area contributed by atoms with Gasteiger partial charge in [-0.25, -0.2) is 0 Å². The average Bonchev–Trinajstić information content (AvgIpc) is 3.00. The number of ether oxygens (including phenoxy) is 1. The first-order valence-electron chi connectivity index (χ1n) is 9.72. The summed E-state index contributed by atoms with van der Waals surface area (Å²) >= 11 is 0. The Balaban J connectivity index is 1.38. The van der Waals surface area contributed by atoms with Crippen LogP contribution in [-0.4, -0.2) is 29.9 Å². The van der Waals surface area contributed by atoms with Crippen molar-refractivity contribution >= 4 is 11.8 Å². The number of imide groups is 1. The van der Waals surface area contributed by atoms with E-state index in [0.717, 1.165) is 0 Å². The van der Waals surface area contributed by atoms with Crippen molar-refractivity contribution in [1.29, 1.82) is 0 Å². The van der Waals surface area contributed by atoms with Crippen molar-refractivity contribution in [3.05, 3.63) is 101 Å². The Bertz CT molecular complexity index is 1000. The molecule has 1 heterocycles. The molecule has 29 heavy (non-hydrogen) atoms. The van der Waals surface area contributed by atoms with Crippen LogP contribution in [0.1, 0.15) is 45.7 Å². The van der Waals surface area contributed by atoms with Crippen molar-refractivity contribution in [3.63, 3.8) is 0 Å². The van der Waals surface area contributed by atoms with E-state index in [0.29, 0.717) is 16.9 Å². The Morgan fingerprint density at radius 2 is 1.24 bits per heavy atom. The summed E-state index contributed by atoms with van der Waals surface area (Å²) in [6, 6.07) is 25.3. The molecule has 0 saturated carbocycles. The highest BCUT2D eigenvalue weighted by atomic mass is 16.5. The number of fused-ring (bicyclic) bond motifs is 1. The highest BCUT2D eigenvalue weighted by Crippen LogP contribution is 2.32. The number of rotatable bonds is 6. The van der Waals surface area contributed by atoms with Crippen LogP contribution in [0.4, 0.5) is 0 Å². The third-order valence-electron chi connectivity index (χ3n) is 5.53. The number of amides is 2. The van der Waals surface area contributed by atoms with Crippen molar-refractivity contribution in [1.82, 2.24) is 4.90 Å². The van der Waals surface area contributed by atoms with Crippen LogP contribution < -0.4 is 4.74 Å². The van der Waals surface area contributed by atoms with Gasteiger partial charge >= 0.3 is 0 Å². The fraction of sp³-hybridized carbons (Fsp3) is 0.200. The second-order valence-corrected chi connectivity index (χ2v) is 7.67. The van der Waals surface area contributed by atoms with E-state index in [9.17, 15) is 9.59 Å². The number of nitrogens with zero attached hydrogens (tertiary/aromatic N) is 1. The van der Waals surface area contributed by atoms with Gasteiger partial charge < -0.3 is 4.74 Å². The van der Waals surface area contributed by atoms with E-state index in [2.05, 4.69) is 38.1 Å².